The summed E-state index contributed by atoms with van der Waals surface area (Å²) >= 11 is 2.12. The highest BCUT2D eigenvalue weighted by Crippen LogP contribution is 2.24. The van der Waals surface area contributed by atoms with E-state index in [2.05, 4.69) is 37.9 Å². The molecule has 1 heterocycles. The maximum atomic E-state index is 12.2. The lowest BCUT2D eigenvalue weighted by Gasteiger charge is -2.11. The molecule has 1 aromatic rings. The van der Waals surface area contributed by atoms with Gasteiger partial charge in [-0.2, -0.15) is 13.2 Å². The molecule has 3 nitrogen and oxygen atoms in total. The molecule has 18 heavy (non-hydrogen) atoms. The third kappa shape index (κ3) is 4.58. The van der Waals surface area contributed by atoms with Crippen LogP contribution in [0.2, 0.25) is 0 Å². The van der Waals surface area contributed by atoms with Crippen molar-refractivity contribution in [3.05, 3.63) is 15.1 Å². The Kier molecular flexibility index (Phi) is 5.61. The number of hydrogen-bond acceptors (Lipinski definition) is 3. The first-order valence-corrected chi connectivity index (χ1v) is 6.75. The van der Waals surface area contributed by atoms with E-state index in [0.717, 1.165) is 22.1 Å². The summed E-state index contributed by atoms with van der Waals surface area (Å²) in [4.78, 5) is 8.32. The van der Waals surface area contributed by atoms with Crippen molar-refractivity contribution in [2.75, 3.05) is 12.4 Å². The molecular formula is C11H15F3IN3. The van der Waals surface area contributed by atoms with Gasteiger partial charge < -0.3 is 5.32 Å². The molecule has 0 radical (unpaired) electrons. The second-order valence-electron chi connectivity index (χ2n) is 3.86. The number of nitrogens with one attached hydrogen (secondary N) is 1. The van der Waals surface area contributed by atoms with Crippen LogP contribution in [0.3, 0.4) is 0 Å². The van der Waals surface area contributed by atoms with Crippen LogP contribution in [0.5, 0.6) is 0 Å². The maximum absolute atomic E-state index is 12.2. The molecule has 0 fully saturated rings. The molecule has 0 aliphatic carbocycles. The fraction of sp³-hybridized carbons (Fsp3) is 0.636. The summed E-state index contributed by atoms with van der Waals surface area (Å²) in [5.74, 6) is 0.853. The Labute approximate surface area is 118 Å². The Morgan fingerprint density at radius 1 is 1.22 bits per heavy atom. The molecule has 0 amide bonds. The summed E-state index contributed by atoms with van der Waals surface area (Å²) in [5, 5.41) is 2.89. The fourth-order valence-corrected chi connectivity index (χ4v) is 2.26. The third-order valence-corrected chi connectivity index (χ3v) is 3.46. The van der Waals surface area contributed by atoms with Crippen LogP contribution >= 0.6 is 22.6 Å². The minimum atomic E-state index is -4.17. The minimum absolute atomic E-state index is 0.175. The third-order valence-electron chi connectivity index (χ3n) is 2.32. The number of rotatable bonds is 5. The van der Waals surface area contributed by atoms with Crippen LogP contribution in [0.25, 0.3) is 0 Å². The molecule has 0 aliphatic heterocycles. The van der Waals surface area contributed by atoms with Gasteiger partial charge in [-0.25, -0.2) is 9.97 Å². The minimum Gasteiger partial charge on any atom is -0.372 e. The lowest BCUT2D eigenvalue weighted by atomic mass is 10.2. The molecule has 102 valence electrons. The SMILES string of the molecule is CCCc1nc(CCC(F)(F)F)nc(NC)c1I. The van der Waals surface area contributed by atoms with E-state index in [0.29, 0.717) is 5.82 Å². The molecule has 0 unspecified atom stereocenters. The second-order valence-corrected chi connectivity index (χ2v) is 4.94. The van der Waals surface area contributed by atoms with E-state index < -0.39 is 12.6 Å². The molecule has 0 atom stereocenters. The highest BCUT2D eigenvalue weighted by Gasteiger charge is 2.27. The topological polar surface area (TPSA) is 37.8 Å². The second kappa shape index (κ2) is 6.53. The van der Waals surface area contributed by atoms with E-state index in [4.69, 9.17) is 0 Å². The Bertz CT molecular complexity index is 407. The van der Waals surface area contributed by atoms with Crippen molar-refractivity contribution in [3.8, 4) is 0 Å². The molecule has 1 N–H and O–H groups in total. The molecule has 1 aromatic heterocycles. The van der Waals surface area contributed by atoms with Gasteiger partial charge in [0.2, 0.25) is 0 Å². The van der Waals surface area contributed by atoms with Gasteiger partial charge >= 0.3 is 6.18 Å². The number of hydrogen-bond donors (Lipinski definition) is 1. The van der Waals surface area contributed by atoms with Gasteiger partial charge in [-0.15, -0.1) is 0 Å². The normalized spacial score (nSPS) is 11.7. The van der Waals surface area contributed by atoms with Gasteiger partial charge in [-0.1, -0.05) is 13.3 Å². The van der Waals surface area contributed by atoms with E-state index in [1.807, 2.05) is 6.92 Å². The summed E-state index contributed by atoms with van der Waals surface area (Å²) in [6, 6.07) is 0. The first-order chi connectivity index (χ1) is 8.37. The quantitative estimate of drug-likeness (QED) is 0.802. The molecule has 0 bridgehead atoms. The van der Waals surface area contributed by atoms with Crippen LogP contribution in [0.4, 0.5) is 19.0 Å². The average molecular weight is 373 g/mol. The first-order valence-electron chi connectivity index (χ1n) is 5.67. The Morgan fingerprint density at radius 3 is 2.39 bits per heavy atom. The van der Waals surface area contributed by atoms with Crippen molar-refractivity contribution in [2.45, 2.75) is 38.8 Å². The van der Waals surface area contributed by atoms with E-state index in [1.165, 1.54) is 0 Å². The zero-order chi connectivity index (χ0) is 13.8. The molecule has 0 saturated heterocycles. The van der Waals surface area contributed by atoms with E-state index in [-0.39, 0.29) is 12.2 Å². The standard InChI is InChI=1S/C11H15F3IN3/c1-3-4-7-9(15)10(16-2)18-8(17-7)5-6-11(12,13)14/h3-6H2,1-2H3,(H,16,17,18). The van der Waals surface area contributed by atoms with Gasteiger partial charge in [0, 0.05) is 13.5 Å². The molecule has 1 rings (SSSR count). The molecule has 7 heteroatoms. The van der Waals surface area contributed by atoms with Crippen molar-refractivity contribution >= 4 is 28.4 Å². The molecule has 0 aliphatic rings. The van der Waals surface area contributed by atoms with Crippen molar-refractivity contribution in [3.63, 3.8) is 0 Å². The zero-order valence-electron chi connectivity index (χ0n) is 10.2. The lowest BCUT2D eigenvalue weighted by molar-refractivity contribution is -0.134. The van der Waals surface area contributed by atoms with Crippen LogP contribution in [0, 0.1) is 3.57 Å². The molecule has 0 saturated carbocycles. The largest absolute Gasteiger partial charge is 0.389 e. The van der Waals surface area contributed by atoms with Gasteiger partial charge in [0.25, 0.3) is 0 Å². The highest BCUT2D eigenvalue weighted by atomic mass is 127. The summed E-state index contributed by atoms with van der Waals surface area (Å²) in [5.41, 5.74) is 0.814. The number of aryl methyl sites for hydroxylation is 2. The number of alkyl halides is 3. The average Bonchev–Trinajstić information content (AvgIpc) is 2.29. The van der Waals surface area contributed by atoms with Gasteiger partial charge in [0.1, 0.15) is 11.6 Å². The van der Waals surface area contributed by atoms with E-state index >= 15 is 0 Å². The fourth-order valence-electron chi connectivity index (χ4n) is 1.48. The number of anilines is 1. The highest BCUT2D eigenvalue weighted by molar-refractivity contribution is 14.1. The number of halogens is 4. The Balaban J connectivity index is 2.95. The van der Waals surface area contributed by atoms with Crippen molar-refractivity contribution < 1.29 is 13.2 Å². The van der Waals surface area contributed by atoms with Crippen LogP contribution in [-0.2, 0) is 12.8 Å². The molecular weight excluding hydrogens is 358 g/mol. The van der Waals surface area contributed by atoms with Gasteiger partial charge in [0.15, 0.2) is 0 Å². The van der Waals surface area contributed by atoms with Crippen LogP contribution in [0.15, 0.2) is 0 Å². The number of aromatic nitrogens is 2. The predicted octanol–water partition coefficient (Wildman–Crippen LogP) is 3.57. The van der Waals surface area contributed by atoms with Crippen molar-refractivity contribution in [2.24, 2.45) is 0 Å². The monoisotopic (exact) mass is 373 g/mol. The van der Waals surface area contributed by atoms with Gasteiger partial charge in [-0.3, -0.25) is 0 Å². The van der Waals surface area contributed by atoms with E-state index in [1.54, 1.807) is 7.05 Å². The van der Waals surface area contributed by atoms with Crippen molar-refractivity contribution in [1.29, 1.82) is 0 Å². The Hall–Kier alpha value is -0.600. The maximum Gasteiger partial charge on any atom is 0.389 e. The summed E-state index contributed by atoms with van der Waals surface area (Å²) in [7, 11) is 1.70. The summed E-state index contributed by atoms with van der Waals surface area (Å²) in [6.07, 6.45) is -3.59. The zero-order valence-corrected chi connectivity index (χ0v) is 12.4. The number of nitrogens with zero attached hydrogens (tertiary/aromatic N) is 2. The van der Waals surface area contributed by atoms with Gasteiger partial charge in [-0.05, 0) is 29.0 Å². The van der Waals surface area contributed by atoms with Crippen LogP contribution in [-0.4, -0.2) is 23.2 Å². The summed E-state index contributed by atoms with van der Waals surface area (Å²) < 4.78 is 37.4. The first kappa shape index (κ1) is 15.5. The van der Waals surface area contributed by atoms with Crippen molar-refractivity contribution in [1.82, 2.24) is 9.97 Å². The molecule has 0 aromatic carbocycles. The smallest absolute Gasteiger partial charge is 0.372 e. The molecule has 0 spiro atoms. The Morgan fingerprint density at radius 2 is 1.89 bits per heavy atom. The van der Waals surface area contributed by atoms with Crippen LogP contribution < -0.4 is 5.32 Å². The summed E-state index contributed by atoms with van der Waals surface area (Å²) in [6.45, 7) is 2.01. The van der Waals surface area contributed by atoms with Crippen LogP contribution in [0.1, 0.15) is 31.3 Å². The van der Waals surface area contributed by atoms with E-state index in [9.17, 15) is 13.2 Å². The van der Waals surface area contributed by atoms with Gasteiger partial charge in [0.05, 0.1) is 15.7 Å². The predicted molar refractivity (Wildman–Crippen MR) is 72.7 cm³/mol. The lowest BCUT2D eigenvalue weighted by Crippen LogP contribution is -2.13.